The second-order valence-electron chi connectivity index (χ2n) is 18.9. The molecule has 0 aliphatic heterocycles. The zero-order valence-electron chi connectivity index (χ0n) is 36.7. The number of anilines is 1. The van der Waals surface area contributed by atoms with Crippen LogP contribution in [0.1, 0.15) is 74.1 Å². The van der Waals surface area contributed by atoms with E-state index in [9.17, 15) is 69.6 Å². The van der Waals surface area contributed by atoms with Crippen molar-refractivity contribution in [3.05, 3.63) is 86.4 Å². The van der Waals surface area contributed by atoms with E-state index in [-0.39, 0.29) is 41.2 Å². The minimum atomic E-state index is -2.93. The van der Waals surface area contributed by atoms with Crippen molar-refractivity contribution in [1.82, 2.24) is 9.80 Å². The van der Waals surface area contributed by atoms with Gasteiger partial charge in [-0.2, -0.15) is 0 Å². The maximum Gasteiger partial charge on any atom is 0.263 e. The normalized spacial score (nSPS) is 32.1. The largest absolute Gasteiger partial charge is 0.508 e. The predicted octanol–water partition coefficient (Wildman–Crippen LogP) is 2.54. The number of carbonyl (C=O) groups excluding carboxylic acids is 6. The van der Waals surface area contributed by atoms with Gasteiger partial charge < -0.3 is 51.9 Å². The fourth-order valence-corrected chi connectivity index (χ4v) is 12.2. The van der Waals surface area contributed by atoms with Crippen LogP contribution < -0.4 is 11.1 Å². The number of hydrogen-bond donors (Lipinski definition) is 10. The van der Waals surface area contributed by atoms with Gasteiger partial charge in [-0.05, 0) is 100 Å². The zero-order valence-corrected chi connectivity index (χ0v) is 36.7. The van der Waals surface area contributed by atoms with Gasteiger partial charge >= 0.3 is 0 Å². The second kappa shape index (κ2) is 15.1. The van der Waals surface area contributed by atoms with E-state index in [0.29, 0.717) is 17.5 Å². The number of nitrogens with two attached hydrogens (primary N) is 1. The highest BCUT2D eigenvalue weighted by molar-refractivity contribution is 6.28. The Balaban J connectivity index is 1.23. The lowest BCUT2D eigenvalue weighted by Gasteiger charge is -2.52. The SMILES string of the molecule is CC[C@H]1c2cccc(O)c2C(O)=C2C(=O)[C@]3(O)C(O)=C(C(=O)Nc4ccc5c(c4O)C(O)=C4C(=O)[C@]6(O)C(O)=C(C(N)=O)C(=O)[C@@H](N(C)C)[C@@H]6C[C@@H]4[C@H]5C(C)C)C(=O)[C@@H](N(C)C)[C@@H]3C[C@@H]21. The number of hydrogen-bond acceptors (Lipinski definition) is 16. The highest BCUT2D eigenvalue weighted by atomic mass is 16.4. The molecular weight excluding hydrogens is 845 g/mol. The van der Waals surface area contributed by atoms with Gasteiger partial charge in [-0.1, -0.05) is 39.0 Å². The molecule has 0 spiro atoms. The molecule has 10 atom stereocenters. The van der Waals surface area contributed by atoms with Crippen LogP contribution in [-0.2, 0) is 28.8 Å². The van der Waals surface area contributed by atoms with Crippen LogP contribution in [0.15, 0.2) is 64.1 Å². The summed E-state index contributed by atoms with van der Waals surface area (Å²) in [4.78, 5) is 86.9. The molecule has 0 heterocycles. The van der Waals surface area contributed by atoms with Crippen LogP contribution in [-0.4, -0.2) is 137 Å². The van der Waals surface area contributed by atoms with Crippen LogP contribution in [0.3, 0.4) is 0 Å². The van der Waals surface area contributed by atoms with E-state index in [1.54, 1.807) is 26.0 Å². The number of primary amides is 1. The Morgan fingerprint density at radius 2 is 1.25 bits per heavy atom. The first-order valence-electron chi connectivity index (χ1n) is 21.4. The summed E-state index contributed by atoms with van der Waals surface area (Å²) in [5, 5.41) is 96.4. The second-order valence-corrected chi connectivity index (χ2v) is 18.9. The van der Waals surface area contributed by atoms with Crippen molar-refractivity contribution < 1.29 is 69.6 Å². The first-order valence-corrected chi connectivity index (χ1v) is 21.4. The highest BCUT2D eigenvalue weighted by Gasteiger charge is 2.67. The van der Waals surface area contributed by atoms with E-state index >= 15 is 0 Å². The molecule has 6 aliphatic carbocycles. The van der Waals surface area contributed by atoms with E-state index in [2.05, 4.69) is 5.32 Å². The van der Waals surface area contributed by atoms with Crippen LogP contribution >= 0.6 is 0 Å². The van der Waals surface area contributed by atoms with Crippen molar-refractivity contribution >= 4 is 52.2 Å². The summed E-state index contributed by atoms with van der Waals surface area (Å²) < 4.78 is 0. The van der Waals surface area contributed by atoms with Gasteiger partial charge in [0.15, 0.2) is 22.8 Å². The predicted molar refractivity (Wildman–Crippen MR) is 231 cm³/mol. The Bertz CT molecular complexity index is 2690. The van der Waals surface area contributed by atoms with Gasteiger partial charge in [0, 0.05) is 23.0 Å². The highest BCUT2D eigenvalue weighted by Crippen LogP contribution is 2.60. The molecule has 344 valence electrons. The summed E-state index contributed by atoms with van der Waals surface area (Å²) in [6.45, 7) is 5.45. The van der Waals surface area contributed by atoms with E-state index in [4.69, 9.17) is 5.73 Å². The molecule has 2 aromatic rings. The number of fused-ring (bicyclic) bond motifs is 6. The maximum atomic E-state index is 14.7. The number of amides is 2. The number of phenolic OH excluding ortho intramolecular Hbond substituents is 2. The van der Waals surface area contributed by atoms with Crippen molar-refractivity contribution in [1.29, 1.82) is 0 Å². The van der Waals surface area contributed by atoms with E-state index in [1.807, 2.05) is 6.92 Å². The topological polar surface area (TPSA) is 309 Å². The molecule has 2 fully saturated rings. The minimum absolute atomic E-state index is 0.00945. The van der Waals surface area contributed by atoms with E-state index in [0.717, 1.165) is 0 Å². The van der Waals surface area contributed by atoms with E-state index in [1.165, 1.54) is 56.2 Å². The van der Waals surface area contributed by atoms with Crippen molar-refractivity contribution in [2.45, 2.75) is 75.2 Å². The summed E-state index contributed by atoms with van der Waals surface area (Å²) in [6.07, 6.45) is 0.171. The number of carbonyl (C=O) groups is 6. The molecule has 11 N–H and O–H groups in total. The molecule has 2 saturated carbocycles. The number of aliphatic hydroxyl groups is 6. The third-order valence-electron chi connectivity index (χ3n) is 14.9. The number of rotatable bonds is 7. The Labute approximate surface area is 372 Å². The molecule has 18 nitrogen and oxygen atoms in total. The molecule has 0 bridgehead atoms. The lowest BCUT2D eigenvalue weighted by Crippen LogP contribution is -2.66. The van der Waals surface area contributed by atoms with Gasteiger partial charge in [0.2, 0.25) is 11.6 Å². The standard InChI is InChI=1S/C47H52N4O14/c1-8-17-18-10-9-11-25(52)27(18)36(54)29-20(17)14-22-34(51(6)7)39(57)32(43(61)47(22,65)40(29)58)45(63)49-24-13-12-19-26(16(2)3)21-15-23-33(50(4)5)38(56)31(44(48)62)42(60)46(23,64)41(59)30(21)37(55)28(19)35(24)53/h9-13,16-17,20-23,26,33-34,52-55,60-61,64-65H,8,14-15H2,1-7H3,(H2,48,62)(H,49,63)/t17-,20+,21+,22-,23-,26-,33-,34-,46-,47-/m0/s1. The van der Waals surface area contributed by atoms with Crippen molar-refractivity contribution in [3.63, 3.8) is 0 Å². The summed E-state index contributed by atoms with van der Waals surface area (Å²) in [5.74, 6) is -18.0. The average molecular weight is 897 g/mol. The Kier molecular flexibility index (Phi) is 10.5. The summed E-state index contributed by atoms with van der Waals surface area (Å²) in [5.41, 5.74) is -3.09. The molecule has 18 heteroatoms. The van der Waals surface area contributed by atoms with E-state index < -0.39 is 145 Å². The van der Waals surface area contributed by atoms with Crippen molar-refractivity contribution in [2.24, 2.45) is 35.3 Å². The number of aliphatic hydroxyl groups excluding tert-OH is 4. The van der Waals surface area contributed by atoms with Gasteiger partial charge in [-0.25, -0.2) is 0 Å². The lowest BCUT2D eigenvalue weighted by atomic mass is 9.54. The van der Waals surface area contributed by atoms with Gasteiger partial charge in [-0.15, -0.1) is 0 Å². The molecule has 0 saturated heterocycles. The minimum Gasteiger partial charge on any atom is -0.508 e. The van der Waals surface area contributed by atoms with Gasteiger partial charge in [0.25, 0.3) is 11.8 Å². The Morgan fingerprint density at radius 3 is 1.77 bits per heavy atom. The van der Waals surface area contributed by atoms with Crippen LogP contribution in [0, 0.1) is 29.6 Å². The summed E-state index contributed by atoms with van der Waals surface area (Å²) in [6, 6.07) is 4.67. The molecule has 0 aromatic heterocycles. The Hall–Kier alpha value is -6.34. The van der Waals surface area contributed by atoms with Crippen molar-refractivity contribution in [3.8, 4) is 11.5 Å². The number of benzene rings is 2. The number of phenols is 2. The average Bonchev–Trinajstić information content (AvgIpc) is 3.21. The summed E-state index contributed by atoms with van der Waals surface area (Å²) >= 11 is 0. The fraction of sp³-hybridized carbons (Fsp3) is 0.447. The number of nitrogens with zero attached hydrogens (tertiary/aromatic N) is 2. The summed E-state index contributed by atoms with van der Waals surface area (Å²) in [7, 11) is 5.97. The van der Waals surface area contributed by atoms with Crippen molar-refractivity contribution in [2.75, 3.05) is 33.5 Å². The Morgan fingerprint density at radius 1 is 0.738 bits per heavy atom. The smallest absolute Gasteiger partial charge is 0.263 e. The molecular formula is C47H52N4O14. The monoisotopic (exact) mass is 896 g/mol. The zero-order chi connectivity index (χ0) is 47.8. The maximum absolute atomic E-state index is 14.7. The fourth-order valence-electron chi connectivity index (χ4n) is 12.2. The van der Waals surface area contributed by atoms with Crippen LogP contribution in [0.4, 0.5) is 5.69 Å². The number of Topliss-reactive ketones (excluding diaryl/α,β-unsaturated/α-hetero) is 4. The molecule has 0 radical (unpaired) electrons. The van der Waals surface area contributed by atoms with Crippen LogP contribution in [0.25, 0.3) is 11.5 Å². The molecule has 6 aliphatic rings. The molecule has 2 aromatic carbocycles. The third-order valence-corrected chi connectivity index (χ3v) is 14.9. The number of likely N-dealkylation sites (N-methyl/N-ethyl adjacent to an activating group) is 2. The van der Waals surface area contributed by atoms with Crippen LogP contribution in [0.2, 0.25) is 0 Å². The number of ketones is 4. The van der Waals surface area contributed by atoms with Gasteiger partial charge in [0.05, 0.1) is 28.9 Å². The van der Waals surface area contributed by atoms with Crippen LogP contribution in [0.5, 0.6) is 11.5 Å². The molecule has 2 amide bonds. The molecule has 0 unspecified atom stereocenters. The molecule has 8 rings (SSSR count). The quantitative estimate of drug-likeness (QED) is 0.141. The van der Waals surface area contributed by atoms with Gasteiger partial charge in [-0.3, -0.25) is 38.6 Å². The van der Waals surface area contributed by atoms with Gasteiger partial charge in [0.1, 0.15) is 45.7 Å². The molecule has 65 heavy (non-hydrogen) atoms. The third kappa shape index (κ3) is 5.86. The lowest BCUT2D eigenvalue weighted by molar-refractivity contribution is -0.155. The number of aromatic hydroxyl groups is 2. The first-order chi connectivity index (χ1) is 30.4. The number of nitrogens with one attached hydrogen (secondary N) is 1. The first kappa shape index (κ1) is 45.2.